The van der Waals surface area contributed by atoms with Crippen LogP contribution in [0.5, 0.6) is 0 Å². The van der Waals surface area contributed by atoms with Gasteiger partial charge in [-0.15, -0.1) is 0 Å². The molecular weight excluding hydrogens is 297 g/mol. The largest absolute Gasteiger partial charge is 0.500 e. The van der Waals surface area contributed by atoms with Crippen molar-refractivity contribution in [3.05, 3.63) is 6.20 Å². The Kier molecular flexibility index (Phi) is 4.28. The van der Waals surface area contributed by atoms with Gasteiger partial charge in [-0.05, 0) is 48.5 Å². The molecule has 1 aromatic heterocycles. The lowest BCUT2D eigenvalue weighted by Gasteiger charge is -2.32. The third-order valence-corrected chi connectivity index (χ3v) is 4.09. The van der Waals surface area contributed by atoms with Gasteiger partial charge in [-0.2, -0.15) is 5.10 Å². The van der Waals surface area contributed by atoms with E-state index in [1.54, 1.807) is 17.9 Å². The number of nitrogens with one attached hydrogen (secondary N) is 1. The van der Waals surface area contributed by atoms with Crippen molar-refractivity contribution in [3.63, 3.8) is 0 Å². The summed E-state index contributed by atoms with van der Waals surface area (Å²) in [5, 5.41) is 6.92. The van der Waals surface area contributed by atoms with E-state index in [9.17, 15) is 4.79 Å². The summed E-state index contributed by atoms with van der Waals surface area (Å²) in [7, 11) is 1.14. The van der Waals surface area contributed by atoms with Crippen molar-refractivity contribution in [2.45, 2.75) is 65.3 Å². The molecular formula is C15H26BN3O4. The van der Waals surface area contributed by atoms with Crippen LogP contribution >= 0.6 is 0 Å². The van der Waals surface area contributed by atoms with E-state index < -0.39 is 30.0 Å². The lowest BCUT2D eigenvalue weighted by molar-refractivity contribution is 0.00578. The predicted octanol–water partition coefficient (Wildman–Crippen LogP) is 2.07. The first kappa shape index (κ1) is 17.8. The molecule has 1 aliphatic rings. The molecule has 8 heteroatoms. The number of ether oxygens (including phenoxy) is 1. The predicted molar refractivity (Wildman–Crippen MR) is 88.8 cm³/mol. The fraction of sp³-hybridized carbons (Fsp3) is 0.733. The molecule has 1 aliphatic heterocycles. The molecule has 0 aliphatic carbocycles. The summed E-state index contributed by atoms with van der Waals surface area (Å²) >= 11 is 0. The number of amides is 1. The molecule has 2 heterocycles. The maximum atomic E-state index is 12.0. The number of nitrogens with zero attached hydrogens (tertiary/aromatic N) is 2. The lowest BCUT2D eigenvalue weighted by Crippen LogP contribution is -2.41. The van der Waals surface area contributed by atoms with Crippen molar-refractivity contribution in [1.82, 2.24) is 9.78 Å². The summed E-state index contributed by atoms with van der Waals surface area (Å²) in [5.41, 5.74) is -0.836. The quantitative estimate of drug-likeness (QED) is 0.843. The van der Waals surface area contributed by atoms with Gasteiger partial charge in [0, 0.05) is 12.5 Å². The summed E-state index contributed by atoms with van der Waals surface area (Å²) < 4.78 is 18.9. The van der Waals surface area contributed by atoms with Gasteiger partial charge >= 0.3 is 13.2 Å². The molecule has 0 unspecified atom stereocenters. The fourth-order valence-electron chi connectivity index (χ4n) is 2.15. The minimum atomic E-state index is -0.598. The van der Waals surface area contributed by atoms with Gasteiger partial charge in [0.05, 0.1) is 17.4 Å². The standard InChI is InChI=1S/C15H26BN3O4/c1-13(2,3)21-12(20)18-11-10(9-17-19(11)8)16-22-14(4,5)15(6,7)23-16/h9H,1-8H3,(H,18,20). The molecule has 0 saturated carbocycles. The topological polar surface area (TPSA) is 74.6 Å². The summed E-state index contributed by atoms with van der Waals surface area (Å²) in [6.45, 7) is 13.3. The second-order valence-electron chi connectivity index (χ2n) is 7.79. The maximum Gasteiger partial charge on any atom is 0.500 e. The molecule has 1 saturated heterocycles. The van der Waals surface area contributed by atoms with Gasteiger partial charge in [-0.1, -0.05) is 0 Å². The number of hydrogen-bond donors (Lipinski definition) is 1. The molecule has 128 valence electrons. The molecule has 0 spiro atoms. The molecule has 2 rings (SSSR count). The van der Waals surface area contributed by atoms with Crippen LogP contribution in [0.1, 0.15) is 48.5 Å². The van der Waals surface area contributed by atoms with Crippen LogP contribution in [-0.4, -0.2) is 39.8 Å². The Hall–Kier alpha value is -1.54. The van der Waals surface area contributed by atoms with Crippen LogP contribution in [0.25, 0.3) is 0 Å². The van der Waals surface area contributed by atoms with E-state index >= 15 is 0 Å². The highest BCUT2D eigenvalue weighted by Gasteiger charge is 2.53. The van der Waals surface area contributed by atoms with E-state index in [0.29, 0.717) is 11.3 Å². The highest BCUT2D eigenvalue weighted by atomic mass is 16.7. The third-order valence-electron chi connectivity index (χ3n) is 4.09. The zero-order chi connectivity index (χ0) is 17.6. The first-order valence-corrected chi connectivity index (χ1v) is 7.70. The van der Waals surface area contributed by atoms with Crippen LogP contribution in [0.15, 0.2) is 6.20 Å². The number of hydrogen-bond acceptors (Lipinski definition) is 5. The monoisotopic (exact) mass is 323 g/mol. The van der Waals surface area contributed by atoms with Crippen molar-refractivity contribution in [3.8, 4) is 0 Å². The summed E-state index contributed by atoms with van der Waals surface area (Å²) in [6, 6.07) is 0. The molecule has 0 radical (unpaired) electrons. The number of aryl methyl sites for hydroxylation is 1. The summed E-state index contributed by atoms with van der Waals surface area (Å²) in [4.78, 5) is 12.0. The number of carbonyl (C=O) groups is 1. The number of aromatic nitrogens is 2. The van der Waals surface area contributed by atoms with Gasteiger partial charge in [0.1, 0.15) is 11.4 Å². The van der Waals surface area contributed by atoms with Crippen molar-refractivity contribution >= 4 is 24.5 Å². The maximum absolute atomic E-state index is 12.0. The van der Waals surface area contributed by atoms with E-state index in [1.807, 2.05) is 48.5 Å². The Morgan fingerprint density at radius 3 is 2.26 bits per heavy atom. The van der Waals surface area contributed by atoms with Gasteiger partial charge in [-0.3, -0.25) is 10.00 Å². The van der Waals surface area contributed by atoms with Crippen LogP contribution in [-0.2, 0) is 21.1 Å². The minimum absolute atomic E-state index is 0.462. The Balaban J connectivity index is 2.22. The third kappa shape index (κ3) is 3.69. The molecule has 0 bridgehead atoms. The Morgan fingerprint density at radius 2 is 1.78 bits per heavy atom. The average Bonchev–Trinajstić information content (AvgIpc) is 2.76. The Morgan fingerprint density at radius 1 is 1.26 bits per heavy atom. The Labute approximate surface area is 137 Å². The molecule has 1 aromatic rings. The van der Waals surface area contributed by atoms with E-state index in [2.05, 4.69) is 10.4 Å². The van der Waals surface area contributed by atoms with Gasteiger partial charge in [0.2, 0.25) is 0 Å². The van der Waals surface area contributed by atoms with E-state index in [4.69, 9.17) is 14.0 Å². The molecule has 1 N–H and O–H groups in total. The summed E-state index contributed by atoms with van der Waals surface area (Å²) in [5.74, 6) is 0.498. The smallest absolute Gasteiger partial charge is 0.444 e. The van der Waals surface area contributed by atoms with E-state index in [0.717, 1.165) is 0 Å². The van der Waals surface area contributed by atoms with Crippen molar-refractivity contribution in [2.75, 3.05) is 5.32 Å². The van der Waals surface area contributed by atoms with Gasteiger partial charge in [0.15, 0.2) is 0 Å². The van der Waals surface area contributed by atoms with Crippen LogP contribution in [0.4, 0.5) is 10.6 Å². The van der Waals surface area contributed by atoms with Gasteiger partial charge in [0.25, 0.3) is 0 Å². The molecule has 23 heavy (non-hydrogen) atoms. The first-order chi connectivity index (χ1) is 10.3. The second kappa shape index (κ2) is 5.52. The second-order valence-corrected chi connectivity index (χ2v) is 7.79. The number of carbonyl (C=O) groups excluding carboxylic acids is 1. The van der Waals surface area contributed by atoms with Crippen LogP contribution in [0.2, 0.25) is 0 Å². The van der Waals surface area contributed by atoms with Crippen LogP contribution in [0, 0.1) is 0 Å². The van der Waals surface area contributed by atoms with Crippen molar-refractivity contribution in [1.29, 1.82) is 0 Å². The molecule has 1 amide bonds. The normalized spacial score (nSPS) is 19.7. The fourth-order valence-corrected chi connectivity index (χ4v) is 2.15. The van der Waals surface area contributed by atoms with E-state index in [-0.39, 0.29) is 0 Å². The Bertz CT molecular complexity index is 588. The SMILES string of the molecule is Cn1ncc(B2OC(C)(C)C(C)(C)O2)c1NC(=O)OC(C)(C)C. The average molecular weight is 323 g/mol. The molecule has 0 aromatic carbocycles. The van der Waals surface area contributed by atoms with Crippen LogP contribution in [0.3, 0.4) is 0 Å². The highest BCUT2D eigenvalue weighted by Crippen LogP contribution is 2.36. The van der Waals surface area contributed by atoms with Crippen molar-refractivity contribution in [2.24, 2.45) is 7.05 Å². The van der Waals surface area contributed by atoms with Crippen molar-refractivity contribution < 1.29 is 18.8 Å². The molecule has 0 atom stereocenters. The van der Waals surface area contributed by atoms with Gasteiger partial charge in [-0.25, -0.2) is 4.79 Å². The zero-order valence-corrected chi connectivity index (χ0v) is 15.2. The number of anilines is 1. The molecule has 7 nitrogen and oxygen atoms in total. The highest BCUT2D eigenvalue weighted by molar-refractivity contribution is 6.63. The first-order valence-electron chi connectivity index (χ1n) is 7.70. The number of rotatable bonds is 2. The minimum Gasteiger partial charge on any atom is -0.444 e. The summed E-state index contributed by atoms with van der Waals surface area (Å²) in [6.07, 6.45) is 1.09. The lowest BCUT2D eigenvalue weighted by atomic mass is 9.80. The van der Waals surface area contributed by atoms with Gasteiger partial charge < -0.3 is 14.0 Å². The van der Waals surface area contributed by atoms with E-state index in [1.165, 1.54) is 0 Å². The zero-order valence-electron chi connectivity index (χ0n) is 15.2. The van der Waals surface area contributed by atoms with Crippen LogP contribution < -0.4 is 10.8 Å². The molecule has 1 fully saturated rings.